The lowest BCUT2D eigenvalue weighted by Crippen LogP contribution is -2.26. The molecule has 0 bridgehead atoms. The van der Waals surface area contributed by atoms with E-state index in [1.807, 2.05) is 6.08 Å². The van der Waals surface area contributed by atoms with E-state index in [2.05, 4.69) is 11.9 Å². The molecule has 1 rings (SSSR count). The number of halogens is 1. The standard InChI is InChI=1S/C12H15ClN2OS/c1-2-6-17-7-5-15-12(16)10-4-3-9(14)8-11(10)13/h2-4,8H,1,5-7,14H2,(H,15,16). The molecule has 0 spiro atoms. The van der Waals surface area contributed by atoms with E-state index in [1.165, 1.54) is 0 Å². The third-order valence-electron chi connectivity index (χ3n) is 2.01. The van der Waals surface area contributed by atoms with Crippen molar-refractivity contribution in [3.63, 3.8) is 0 Å². The molecule has 1 aromatic rings. The number of hydrogen-bond acceptors (Lipinski definition) is 3. The molecule has 0 heterocycles. The molecule has 5 heteroatoms. The van der Waals surface area contributed by atoms with Crippen molar-refractivity contribution in [3.05, 3.63) is 41.4 Å². The third kappa shape index (κ3) is 4.71. The topological polar surface area (TPSA) is 55.1 Å². The van der Waals surface area contributed by atoms with Crippen LogP contribution in [0.2, 0.25) is 5.02 Å². The Hall–Kier alpha value is -1.13. The van der Waals surface area contributed by atoms with Crippen molar-refractivity contribution < 1.29 is 4.79 Å². The number of nitrogens with two attached hydrogens (primary N) is 1. The first-order chi connectivity index (χ1) is 8.15. The van der Waals surface area contributed by atoms with Crippen molar-refractivity contribution >= 4 is 35.0 Å². The largest absolute Gasteiger partial charge is 0.399 e. The van der Waals surface area contributed by atoms with Gasteiger partial charge >= 0.3 is 0 Å². The second-order valence-electron chi connectivity index (χ2n) is 3.36. The van der Waals surface area contributed by atoms with Gasteiger partial charge in [-0.25, -0.2) is 0 Å². The predicted octanol–water partition coefficient (Wildman–Crippen LogP) is 2.57. The summed E-state index contributed by atoms with van der Waals surface area (Å²) in [5, 5.41) is 3.17. The fraction of sp³-hybridized carbons (Fsp3) is 0.250. The molecule has 17 heavy (non-hydrogen) atoms. The molecule has 1 aromatic carbocycles. The Morgan fingerprint density at radius 2 is 2.35 bits per heavy atom. The summed E-state index contributed by atoms with van der Waals surface area (Å²) < 4.78 is 0. The molecular weight excluding hydrogens is 256 g/mol. The number of carbonyl (C=O) groups is 1. The van der Waals surface area contributed by atoms with Crippen molar-refractivity contribution in [2.75, 3.05) is 23.8 Å². The second kappa shape index (κ2) is 7.25. The molecule has 1 amide bonds. The highest BCUT2D eigenvalue weighted by Gasteiger charge is 2.09. The molecule has 0 radical (unpaired) electrons. The highest BCUT2D eigenvalue weighted by molar-refractivity contribution is 7.99. The molecule has 0 saturated heterocycles. The molecule has 0 aliphatic carbocycles. The Bertz CT molecular complexity index is 409. The normalized spacial score (nSPS) is 9.94. The summed E-state index contributed by atoms with van der Waals surface area (Å²) in [5.74, 6) is 1.57. The number of carbonyl (C=O) groups excluding carboxylic acids is 1. The summed E-state index contributed by atoms with van der Waals surface area (Å²) >= 11 is 7.64. The summed E-state index contributed by atoms with van der Waals surface area (Å²) in [4.78, 5) is 11.7. The van der Waals surface area contributed by atoms with Crippen molar-refractivity contribution in [3.8, 4) is 0 Å². The van der Waals surface area contributed by atoms with Crippen molar-refractivity contribution in [2.24, 2.45) is 0 Å². The number of nitrogens with one attached hydrogen (secondary N) is 1. The molecule has 0 atom stereocenters. The van der Waals surface area contributed by atoms with Gasteiger partial charge in [0.25, 0.3) is 5.91 Å². The average Bonchev–Trinajstić information content (AvgIpc) is 2.28. The fourth-order valence-corrected chi connectivity index (χ4v) is 2.07. The first kappa shape index (κ1) is 13.9. The molecule has 0 fully saturated rings. The van der Waals surface area contributed by atoms with Gasteiger partial charge < -0.3 is 11.1 Å². The summed E-state index contributed by atoms with van der Waals surface area (Å²) in [6.45, 7) is 4.23. The van der Waals surface area contributed by atoms with Crippen molar-refractivity contribution in [1.82, 2.24) is 5.32 Å². The van der Waals surface area contributed by atoms with E-state index < -0.39 is 0 Å². The first-order valence-electron chi connectivity index (χ1n) is 5.17. The zero-order chi connectivity index (χ0) is 12.7. The van der Waals surface area contributed by atoms with E-state index in [0.717, 1.165) is 11.5 Å². The van der Waals surface area contributed by atoms with Gasteiger partial charge in [-0.2, -0.15) is 11.8 Å². The zero-order valence-electron chi connectivity index (χ0n) is 9.41. The molecule has 0 aromatic heterocycles. The minimum atomic E-state index is -0.172. The Balaban J connectivity index is 2.44. The van der Waals surface area contributed by atoms with Gasteiger partial charge in [0, 0.05) is 23.7 Å². The minimum Gasteiger partial charge on any atom is -0.399 e. The van der Waals surface area contributed by atoms with Crippen LogP contribution in [0, 0.1) is 0 Å². The average molecular weight is 271 g/mol. The van der Waals surface area contributed by atoms with Crippen LogP contribution in [0.5, 0.6) is 0 Å². The predicted molar refractivity (Wildman–Crippen MR) is 75.7 cm³/mol. The van der Waals surface area contributed by atoms with E-state index in [0.29, 0.717) is 22.8 Å². The van der Waals surface area contributed by atoms with Crippen LogP contribution in [0.1, 0.15) is 10.4 Å². The smallest absolute Gasteiger partial charge is 0.252 e. The monoisotopic (exact) mass is 270 g/mol. The number of hydrogen-bond donors (Lipinski definition) is 2. The number of rotatable bonds is 6. The van der Waals surface area contributed by atoms with E-state index in [-0.39, 0.29) is 5.91 Å². The van der Waals surface area contributed by atoms with E-state index in [1.54, 1.807) is 30.0 Å². The van der Waals surface area contributed by atoms with Gasteiger partial charge in [-0.15, -0.1) is 6.58 Å². The quantitative estimate of drug-likeness (QED) is 0.475. The van der Waals surface area contributed by atoms with Crippen LogP contribution in [-0.4, -0.2) is 24.0 Å². The maximum atomic E-state index is 11.7. The molecular formula is C12H15ClN2OS. The number of thioether (sulfide) groups is 1. The Morgan fingerprint density at radius 1 is 1.59 bits per heavy atom. The molecule has 0 aliphatic heterocycles. The Kier molecular flexibility index (Phi) is 5.94. The lowest BCUT2D eigenvalue weighted by molar-refractivity contribution is 0.0956. The van der Waals surface area contributed by atoms with Crippen LogP contribution in [0.3, 0.4) is 0 Å². The number of nitrogen functional groups attached to an aromatic ring is 1. The summed E-state index contributed by atoms with van der Waals surface area (Å²) in [6, 6.07) is 4.86. The van der Waals surface area contributed by atoms with E-state index >= 15 is 0 Å². The second-order valence-corrected chi connectivity index (χ2v) is 4.92. The number of amides is 1. The lowest BCUT2D eigenvalue weighted by Gasteiger charge is -2.06. The van der Waals surface area contributed by atoms with Gasteiger partial charge in [0.05, 0.1) is 10.6 Å². The van der Waals surface area contributed by atoms with Crippen LogP contribution in [0.25, 0.3) is 0 Å². The molecule has 0 unspecified atom stereocenters. The van der Waals surface area contributed by atoms with Crippen molar-refractivity contribution in [1.29, 1.82) is 0 Å². The van der Waals surface area contributed by atoms with E-state index in [4.69, 9.17) is 17.3 Å². The highest BCUT2D eigenvalue weighted by Crippen LogP contribution is 2.18. The SMILES string of the molecule is C=CCSCCNC(=O)c1ccc(N)cc1Cl. The van der Waals surface area contributed by atoms with Gasteiger partial charge in [0.1, 0.15) is 0 Å². The van der Waals surface area contributed by atoms with Crippen LogP contribution in [-0.2, 0) is 0 Å². The Morgan fingerprint density at radius 3 is 3.00 bits per heavy atom. The zero-order valence-corrected chi connectivity index (χ0v) is 11.0. The van der Waals surface area contributed by atoms with Gasteiger partial charge in [0.15, 0.2) is 0 Å². The molecule has 0 saturated carbocycles. The van der Waals surface area contributed by atoms with Gasteiger partial charge in [-0.05, 0) is 18.2 Å². The molecule has 92 valence electrons. The molecule has 0 aliphatic rings. The molecule has 3 N–H and O–H groups in total. The van der Waals surface area contributed by atoms with Gasteiger partial charge in [-0.1, -0.05) is 17.7 Å². The van der Waals surface area contributed by atoms with Crippen LogP contribution >= 0.6 is 23.4 Å². The number of anilines is 1. The van der Waals surface area contributed by atoms with Crippen LogP contribution in [0.4, 0.5) is 5.69 Å². The fourth-order valence-electron chi connectivity index (χ4n) is 1.21. The van der Waals surface area contributed by atoms with Crippen LogP contribution < -0.4 is 11.1 Å². The van der Waals surface area contributed by atoms with Gasteiger partial charge in [-0.3, -0.25) is 4.79 Å². The Labute approximate surface area is 110 Å². The molecule has 3 nitrogen and oxygen atoms in total. The summed E-state index contributed by atoms with van der Waals surface area (Å²) in [7, 11) is 0. The van der Waals surface area contributed by atoms with Gasteiger partial charge in [0.2, 0.25) is 0 Å². The summed E-state index contributed by atoms with van der Waals surface area (Å²) in [5.41, 5.74) is 6.56. The van der Waals surface area contributed by atoms with Crippen molar-refractivity contribution in [2.45, 2.75) is 0 Å². The minimum absolute atomic E-state index is 0.172. The lowest BCUT2D eigenvalue weighted by atomic mass is 10.2. The highest BCUT2D eigenvalue weighted by atomic mass is 35.5. The summed E-state index contributed by atoms with van der Waals surface area (Å²) in [6.07, 6.45) is 1.84. The third-order valence-corrected chi connectivity index (χ3v) is 3.28. The maximum absolute atomic E-state index is 11.7. The van der Waals surface area contributed by atoms with E-state index in [9.17, 15) is 4.79 Å². The van der Waals surface area contributed by atoms with Crippen LogP contribution in [0.15, 0.2) is 30.9 Å². The number of benzene rings is 1. The first-order valence-corrected chi connectivity index (χ1v) is 6.70. The maximum Gasteiger partial charge on any atom is 0.252 e.